The molecule has 192 valence electrons. The minimum absolute atomic E-state index is 0.153. The summed E-state index contributed by atoms with van der Waals surface area (Å²) in [4.78, 5) is 25.0. The number of alkyl halides is 3. The number of pyridine rings is 1. The largest absolute Gasteiger partial charge is 0.417 e. The van der Waals surface area contributed by atoms with Crippen molar-refractivity contribution in [2.45, 2.75) is 12.7 Å². The van der Waals surface area contributed by atoms with E-state index >= 15 is 0 Å². The second kappa shape index (κ2) is 10.3. The average molecular weight is 523 g/mol. The molecule has 0 saturated carbocycles. The van der Waals surface area contributed by atoms with Crippen molar-refractivity contribution in [2.75, 3.05) is 7.05 Å². The molecule has 4 rings (SSSR count). The number of nitrogens with one attached hydrogen (secondary N) is 1. The number of hydrogen-bond acceptors (Lipinski definition) is 3. The van der Waals surface area contributed by atoms with Gasteiger partial charge in [0.25, 0.3) is 11.5 Å². The maximum Gasteiger partial charge on any atom is 0.417 e. The van der Waals surface area contributed by atoms with Crippen LogP contribution in [0.5, 0.6) is 0 Å². The van der Waals surface area contributed by atoms with Crippen LogP contribution in [0.4, 0.5) is 22.0 Å². The zero-order valence-corrected chi connectivity index (χ0v) is 19.7. The van der Waals surface area contributed by atoms with Gasteiger partial charge in [-0.15, -0.1) is 0 Å². The number of benzene rings is 3. The number of halogens is 5. The summed E-state index contributed by atoms with van der Waals surface area (Å²) in [7, 11) is 1.49. The summed E-state index contributed by atoms with van der Waals surface area (Å²) in [6.07, 6.45) is -5.01. The van der Waals surface area contributed by atoms with Gasteiger partial charge in [-0.1, -0.05) is 36.4 Å². The van der Waals surface area contributed by atoms with Crippen molar-refractivity contribution in [3.8, 4) is 28.5 Å². The van der Waals surface area contributed by atoms with E-state index < -0.39 is 41.0 Å². The topological polar surface area (TPSA) is 74.9 Å². The summed E-state index contributed by atoms with van der Waals surface area (Å²) >= 11 is 0. The van der Waals surface area contributed by atoms with E-state index in [9.17, 15) is 36.8 Å². The molecule has 38 heavy (non-hydrogen) atoms. The molecule has 3 aromatic carbocycles. The number of aromatic nitrogens is 1. The zero-order valence-electron chi connectivity index (χ0n) is 19.7. The number of hydrogen-bond donors (Lipinski definition) is 1. The third kappa shape index (κ3) is 5.18. The van der Waals surface area contributed by atoms with Crippen LogP contribution >= 0.6 is 0 Å². The highest BCUT2D eigenvalue weighted by Gasteiger charge is 2.36. The van der Waals surface area contributed by atoms with Gasteiger partial charge in [-0.2, -0.15) is 18.4 Å². The van der Waals surface area contributed by atoms with Crippen LogP contribution in [0.1, 0.15) is 27.0 Å². The minimum Gasteiger partial charge on any atom is -0.355 e. The van der Waals surface area contributed by atoms with Crippen molar-refractivity contribution in [2.24, 2.45) is 0 Å². The summed E-state index contributed by atoms with van der Waals surface area (Å²) in [5, 5.41) is 11.9. The van der Waals surface area contributed by atoms with E-state index in [0.717, 1.165) is 16.7 Å². The lowest BCUT2D eigenvalue weighted by Crippen LogP contribution is -2.29. The van der Waals surface area contributed by atoms with Crippen LogP contribution in [-0.2, 0) is 12.7 Å². The molecule has 1 N–H and O–H groups in total. The third-order valence-electron chi connectivity index (χ3n) is 5.93. The Bertz CT molecular complexity index is 1630. The molecule has 10 heteroatoms. The van der Waals surface area contributed by atoms with Gasteiger partial charge in [0.15, 0.2) is 0 Å². The number of carbonyl (C=O) groups is 1. The van der Waals surface area contributed by atoms with Gasteiger partial charge in [0.05, 0.1) is 17.8 Å². The fraction of sp³-hybridized carbons (Fsp3) is 0.107. The molecular weight excluding hydrogens is 505 g/mol. The Balaban J connectivity index is 1.91. The Labute approximate surface area is 213 Å². The van der Waals surface area contributed by atoms with E-state index in [1.807, 2.05) is 0 Å². The molecule has 1 amide bonds. The standard InChI is InChI=1S/C28H18F5N3O2/c1-35-26(37)17-7-5-16(6-8-17)18-3-2-4-19(11-18)25-13-23(28(31,32)33)22(14-34)27(38)36(25)15-20-9-10-21(29)12-24(20)30/h2-13H,15H2,1H3,(H,35,37). The fourth-order valence-electron chi connectivity index (χ4n) is 4.01. The Morgan fingerprint density at radius 1 is 0.947 bits per heavy atom. The van der Waals surface area contributed by atoms with Crippen molar-refractivity contribution in [1.29, 1.82) is 5.26 Å². The molecule has 0 aliphatic rings. The van der Waals surface area contributed by atoms with Crippen LogP contribution in [0.2, 0.25) is 0 Å². The Morgan fingerprint density at radius 2 is 1.63 bits per heavy atom. The highest BCUT2D eigenvalue weighted by atomic mass is 19.4. The van der Waals surface area contributed by atoms with Gasteiger partial charge in [0.2, 0.25) is 0 Å². The molecule has 0 fully saturated rings. The number of carbonyl (C=O) groups excluding carboxylic acids is 1. The molecule has 0 aliphatic carbocycles. The van der Waals surface area contributed by atoms with Gasteiger partial charge in [-0.05, 0) is 47.0 Å². The molecule has 0 saturated heterocycles. The second-order valence-corrected chi connectivity index (χ2v) is 8.29. The maximum atomic E-state index is 14.4. The molecule has 0 bridgehead atoms. The number of nitriles is 1. The van der Waals surface area contributed by atoms with E-state index in [2.05, 4.69) is 5.32 Å². The van der Waals surface area contributed by atoms with E-state index in [0.29, 0.717) is 28.8 Å². The van der Waals surface area contributed by atoms with Crippen LogP contribution in [0, 0.1) is 23.0 Å². The molecule has 1 heterocycles. The monoisotopic (exact) mass is 523 g/mol. The number of amides is 1. The van der Waals surface area contributed by atoms with Crippen LogP contribution in [0.15, 0.2) is 77.6 Å². The Morgan fingerprint density at radius 3 is 2.24 bits per heavy atom. The van der Waals surface area contributed by atoms with Crippen LogP contribution < -0.4 is 10.9 Å². The van der Waals surface area contributed by atoms with Crippen molar-refractivity contribution in [3.63, 3.8) is 0 Å². The number of nitrogens with zero attached hydrogens (tertiary/aromatic N) is 2. The lowest BCUT2D eigenvalue weighted by molar-refractivity contribution is -0.137. The van der Waals surface area contributed by atoms with Crippen molar-refractivity contribution >= 4 is 5.91 Å². The highest BCUT2D eigenvalue weighted by molar-refractivity contribution is 5.94. The molecule has 0 aliphatic heterocycles. The Kier molecular flexibility index (Phi) is 7.12. The van der Waals surface area contributed by atoms with Gasteiger partial charge in [0, 0.05) is 24.2 Å². The fourth-order valence-corrected chi connectivity index (χ4v) is 4.01. The Hall–Kier alpha value is -4.78. The first-order chi connectivity index (χ1) is 18.0. The molecule has 0 atom stereocenters. The molecule has 0 radical (unpaired) electrons. The predicted octanol–water partition coefficient (Wildman–Crippen LogP) is 5.76. The van der Waals surface area contributed by atoms with E-state index in [1.54, 1.807) is 36.4 Å². The van der Waals surface area contributed by atoms with Crippen LogP contribution in [0.3, 0.4) is 0 Å². The van der Waals surface area contributed by atoms with Crippen LogP contribution in [0.25, 0.3) is 22.4 Å². The maximum absolute atomic E-state index is 14.4. The van der Waals surface area contributed by atoms with Gasteiger partial charge >= 0.3 is 6.18 Å². The first-order valence-corrected chi connectivity index (χ1v) is 11.2. The summed E-state index contributed by atoms with van der Waals surface area (Å²) in [6, 6.07) is 17.4. The zero-order chi connectivity index (χ0) is 27.6. The summed E-state index contributed by atoms with van der Waals surface area (Å²) in [5.74, 6) is -2.15. The second-order valence-electron chi connectivity index (χ2n) is 8.29. The molecule has 0 unspecified atom stereocenters. The molecule has 4 aromatic rings. The number of rotatable bonds is 5. The first kappa shape index (κ1) is 26.3. The van der Waals surface area contributed by atoms with Gasteiger partial charge in [-0.3, -0.25) is 9.59 Å². The van der Waals surface area contributed by atoms with E-state index in [-0.39, 0.29) is 22.7 Å². The molecular formula is C28H18F5N3O2. The SMILES string of the molecule is CNC(=O)c1ccc(-c2cccc(-c3cc(C(F)(F)F)c(C#N)c(=O)n3Cc3ccc(F)cc3F)c2)cc1. The highest BCUT2D eigenvalue weighted by Crippen LogP contribution is 2.35. The predicted molar refractivity (Wildman–Crippen MR) is 130 cm³/mol. The molecule has 1 aromatic heterocycles. The smallest absolute Gasteiger partial charge is 0.355 e. The lowest BCUT2D eigenvalue weighted by Gasteiger charge is -2.18. The summed E-state index contributed by atoms with van der Waals surface area (Å²) in [5.41, 5.74) is -2.38. The summed E-state index contributed by atoms with van der Waals surface area (Å²) < 4.78 is 70.2. The van der Waals surface area contributed by atoms with E-state index in [1.165, 1.54) is 25.2 Å². The van der Waals surface area contributed by atoms with Crippen molar-refractivity contribution in [3.05, 3.63) is 117 Å². The first-order valence-electron chi connectivity index (χ1n) is 11.2. The van der Waals surface area contributed by atoms with Crippen molar-refractivity contribution in [1.82, 2.24) is 9.88 Å². The molecule has 0 spiro atoms. The van der Waals surface area contributed by atoms with Crippen molar-refractivity contribution < 1.29 is 26.7 Å². The quantitative estimate of drug-likeness (QED) is 0.338. The van der Waals surface area contributed by atoms with Gasteiger partial charge in [0.1, 0.15) is 23.3 Å². The van der Waals surface area contributed by atoms with Crippen LogP contribution in [-0.4, -0.2) is 17.5 Å². The molecule has 5 nitrogen and oxygen atoms in total. The van der Waals surface area contributed by atoms with Gasteiger partial charge in [-0.25, -0.2) is 8.78 Å². The van der Waals surface area contributed by atoms with E-state index in [4.69, 9.17) is 0 Å². The normalized spacial score (nSPS) is 11.2. The summed E-state index contributed by atoms with van der Waals surface area (Å²) in [6.45, 7) is -0.544. The minimum atomic E-state index is -5.01. The third-order valence-corrected chi connectivity index (χ3v) is 5.93. The average Bonchev–Trinajstić information content (AvgIpc) is 2.90. The van der Waals surface area contributed by atoms with Gasteiger partial charge < -0.3 is 9.88 Å². The lowest BCUT2D eigenvalue weighted by atomic mass is 9.98.